The molecule has 2 atom stereocenters. The summed E-state index contributed by atoms with van der Waals surface area (Å²) in [5, 5.41) is 16.2. The van der Waals surface area contributed by atoms with Gasteiger partial charge in [0.15, 0.2) is 11.4 Å². The summed E-state index contributed by atoms with van der Waals surface area (Å²) in [5.74, 6) is -4.13. The van der Waals surface area contributed by atoms with Gasteiger partial charge in [-0.1, -0.05) is 12.8 Å². The molecule has 1 fully saturated rings. The molecule has 0 aromatic carbocycles. The van der Waals surface area contributed by atoms with Crippen molar-refractivity contribution in [2.75, 3.05) is 16.8 Å². The number of nitrogens with zero attached hydrogens (tertiary/aromatic N) is 5. The number of rotatable bonds is 8. The second-order valence-corrected chi connectivity index (χ2v) is 11.1. The first-order valence-corrected chi connectivity index (χ1v) is 13.4. The monoisotopic (exact) mass is 621 g/mol. The van der Waals surface area contributed by atoms with Gasteiger partial charge >= 0.3 is 18.2 Å². The number of alkyl halides is 3. The summed E-state index contributed by atoms with van der Waals surface area (Å²) in [6.07, 6.45) is -0.204. The molecule has 3 aromatic heterocycles. The topological polar surface area (TPSA) is 196 Å². The van der Waals surface area contributed by atoms with Crippen LogP contribution >= 0.6 is 0 Å². The van der Waals surface area contributed by atoms with Crippen molar-refractivity contribution in [2.45, 2.75) is 64.3 Å². The molecule has 14 nitrogen and oxygen atoms in total. The molecule has 0 bridgehead atoms. The van der Waals surface area contributed by atoms with Crippen molar-refractivity contribution in [3.63, 3.8) is 0 Å². The van der Waals surface area contributed by atoms with E-state index in [1.165, 1.54) is 37.7 Å². The lowest BCUT2D eigenvalue weighted by molar-refractivity contribution is -0.144. The fourth-order valence-corrected chi connectivity index (χ4v) is 4.68. The molecular weight excluding hydrogens is 591 g/mol. The second kappa shape index (κ2) is 12.3. The standard InChI is InChI=1S/C27H30F3N7O7/c1-26(2,3)44-25(42)36(13-27(28,29)30)19-10-14(8-9-32-19)23-34-17(12-43-23)22(39)33-16-11-37(35-20(16)21(31)38)18-7-5-4-6-15(18)24(40)41/h8-12,15,18H,4-7,13H2,1-3H3,(H2,31,38)(H,33,39)(H,40,41). The fraction of sp³-hybridized carbons (Fsp3) is 0.444. The lowest BCUT2D eigenvalue weighted by Crippen LogP contribution is -2.42. The first-order chi connectivity index (χ1) is 20.5. The molecule has 0 saturated heterocycles. The van der Waals surface area contributed by atoms with Crippen molar-refractivity contribution in [3.8, 4) is 11.5 Å². The number of carbonyl (C=O) groups excluding carboxylic acids is 3. The minimum absolute atomic E-state index is 0.0758. The number of primary amides is 1. The van der Waals surface area contributed by atoms with Crippen LogP contribution in [0.1, 0.15) is 73.5 Å². The molecule has 2 unspecified atom stereocenters. The molecule has 1 aliphatic carbocycles. The summed E-state index contributed by atoms with van der Waals surface area (Å²) in [6, 6.07) is 1.90. The highest BCUT2D eigenvalue weighted by atomic mass is 19.4. The van der Waals surface area contributed by atoms with Gasteiger partial charge in [0.2, 0.25) is 5.89 Å². The Hall–Kier alpha value is -4.96. The van der Waals surface area contributed by atoms with E-state index >= 15 is 0 Å². The number of anilines is 2. The molecule has 4 N–H and O–H groups in total. The Balaban J connectivity index is 1.57. The number of aromatic nitrogens is 4. The van der Waals surface area contributed by atoms with Crippen molar-refractivity contribution in [2.24, 2.45) is 11.7 Å². The Labute approximate surface area is 248 Å². The predicted octanol–water partition coefficient (Wildman–Crippen LogP) is 4.40. The van der Waals surface area contributed by atoms with Gasteiger partial charge in [0, 0.05) is 18.0 Å². The summed E-state index contributed by atoms with van der Waals surface area (Å²) in [4.78, 5) is 57.7. The van der Waals surface area contributed by atoms with Gasteiger partial charge in [-0.15, -0.1) is 0 Å². The molecule has 3 heterocycles. The lowest BCUT2D eigenvalue weighted by atomic mass is 9.84. The summed E-state index contributed by atoms with van der Waals surface area (Å²) in [6.45, 7) is 2.82. The number of nitrogens with one attached hydrogen (secondary N) is 1. The molecule has 0 aliphatic heterocycles. The maximum atomic E-state index is 13.3. The van der Waals surface area contributed by atoms with Gasteiger partial charge in [0.25, 0.3) is 11.8 Å². The van der Waals surface area contributed by atoms with Crippen LogP contribution in [0.15, 0.2) is 35.2 Å². The van der Waals surface area contributed by atoms with Crippen LogP contribution in [-0.4, -0.2) is 67.1 Å². The van der Waals surface area contributed by atoms with E-state index in [9.17, 15) is 37.5 Å². The van der Waals surface area contributed by atoms with E-state index in [0.29, 0.717) is 17.7 Å². The highest BCUT2D eigenvalue weighted by molar-refractivity contribution is 6.07. The number of carboxylic acids is 1. The molecule has 3 amide bonds. The molecule has 0 radical (unpaired) electrons. The summed E-state index contributed by atoms with van der Waals surface area (Å²) in [7, 11) is 0. The van der Waals surface area contributed by atoms with Gasteiger partial charge in [-0.3, -0.25) is 24.0 Å². The van der Waals surface area contributed by atoms with Gasteiger partial charge in [0.1, 0.15) is 24.2 Å². The molecule has 3 aromatic rings. The molecule has 236 valence electrons. The third-order valence-corrected chi connectivity index (χ3v) is 6.56. The van der Waals surface area contributed by atoms with E-state index in [-0.39, 0.29) is 28.5 Å². The number of halogens is 3. The summed E-state index contributed by atoms with van der Waals surface area (Å²) < 4.78 is 51.7. The van der Waals surface area contributed by atoms with E-state index in [2.05, 4.69) is 20.4 Å². The molecule has 1 saturated carbocycles. The van der Waals surface area contributed by atoms with Crippen LogP contribution in [0.25, 0.3) is 11.5 Å². The van der Waals surface area contributed by atoms with Crippen molar-refractivity contribution < 1.29 is 46.6 Å². The largest absolute Gasteiger partial charge is 0.481 e. The fourth-order valence-electron chi connectivity index (χ4n) is 4.68. The quantitative estimate of drug-likeness (QED) is 0.324. The van der Waals surface area contributed by atoms with Crippen molar-refractivity contribution in [1.82, 2.24) is 19.7 Å². The Bertz CT molecular complexity index is 1560. The first kappa shape index (κ1) is 32.0. The lowest BCUT2D eigenvalue weighted by Gasteiger charge is -2.28. The normalized spacial score (nSPS) is 17.1. The number of nitrogens with two attached hydrogens (primary N) is 1. The second-order valence-electron chi connectivity index (χ2n) is 11.1. The van der Waals surface area contributed by atoms with Crippen molar-refractivity contribution >= 4 is 35.4 Å². The number of carboxylic acid groups (broad SMARTS) is 1. The minimum atomic E-state index is -4.77. The molecular formula is C27H30F3N7O7. The number of ether oxygens (including phenoxy) is 1. The minimum Gasteiger partial charge on any atom is -0.481 e. The first-order valence-electron chi connectivity index (χ1n) is 13.4. The van der Waals surface area contributed by atoms with Gasteiger partial charge in [-0.2, -0.15) is 18.3 Å². The number of amides is 3. The predicted molar refractivity (Wildman–Crippen MR) is 147 cm³/mol. The summed E-state index contributed by atoms with van der Waals surface area (Å²) in [5.41, 5.74) is 3.82. The Morgan fingerprint density at radius 2 is 1.91 bits per heavy atom. The van der Waals surface area contributed by atoms with Gasteiger partial charge in [-0.25, -0.2) is 14.8 Å². The zero-order chi connectivity index (χ0) is 32.4. The smallest absolute Gasteiger partial charge is 0.416 e. The molecule has 0 spiro atoms. The van der Waals surface area contributed by atoms with Crippen LogP contribution in [-0.2, 0) is 9.53 Å². The van der Waals surface area contributed by atoms with Crippen LogP contribution in [0.4, 0.5) is 29.5 Å². The number of pyridine rings is 1. The molecule has 44 heavy (non-hydrogen) atoms. The number of carbonyl (C=O) groups is 4. The van der Waals surface area contributed by atoms with E-state index in [1.807, 2.05) is 0 Å². The van der Waals surface area contributed by atoms with Gasteiger partial charge in [0.05, 0.1) is 17.6 Å². The zero-order valence-corrected chi connectivity index (χ0v) is 23.9. The molecule has 1 aliphatic rings. The van der Waals surface area contributed by atoms with Crippen LogP contribution in [0.5, 0.6) is 0 Å². The van der Waals surface area contributed by atoms with Gasteiger partial charge in [-0.05, 0) is 45.7 Å². The molecule has 17 heteroatoms. The van der Waals surface area contributed by atoms with E-state index in [4.69, 9.17) is 14.9 Å². The Kier molecular flexibility index (Phi) is 8.96. The third-order valence-electron chi connectivity index (χ3n) is 6.56. The maximum absolute atomic E-state index is 13.3. The van der Waals surface area contributed by atoms with E-state index in [0.717, 1.165) is 31.4 Å². The number of aliphatic carboxylic acids is 1. The number of oxazole rings is 1. The molecule has 4 rings (SSSR count). The van der Waals surface area contributed by atoms with Crippen LogP contribution in [0, 0.1) is 5.92 Å². The highest BCUT2D eigenvalue weighted by Crippen LogP contribution is 2.35. The van der Waals surface area contributed by atoms with Gasteiger partial charge < -0.3 is 25.3 Å². The van der Waals surface area contributed by atoms with E-state index < -0.39 is 60.0 Å². The van der Waals surface area contributed by atoms with Crippen LogP contribution < -0.4 is 16.0 Å². The maximum Gasteiger partial charge on any atom is 0.416 e. The van der Waals surface area contributed by atoms with E-state index in [1.54, 1.807) is 0 Å². The zero-order valence-electron chi connectivity index (χ0n) is 23.9. The van der Waals surface area contributed by atoms with Crippen molar-refractivity contribution in [1.29, 1.82) is 0 Å². The number of hydrogen-bond acceptors (Lipinski definition) is 9. The Morgan fingerprint density at radius 3 is 2.55 bits per heavy atom. The van der Waals surface area contributed by atoms with Crippen LogP contribution in [0.3, 0.4) is 0 Å². The number of hydrogen-bond donors (Lipinski definition) is 3. The third kappa shape index (κ3) is 7.70. The Morgan fingerprint density at radius 1 is 1.20 bits per heavy atom. The average molecular weight is 622 g/mol. The average Bonchev–Trinajstić information content (AvgIpc) is 3.58. The summed E-state index contributed by atoms with van der Waals surface area (Å²) >= 11 is 0. The SMILES string of the molecule is CC(C)(C)OC(=O)N(CC(F)(F)F)c1cc(-c2nc(C(=O)Nc3cn(C4CCCCC4C(=O)O)nc3C(N)=O)co2)ccn1. The van der Waals surface area contributed by atoms with Crippen LogP contribution in [0.2, 0.25) is 0 Å². The highest BCUT2D eigenvalue weighted by Gasteiger charge is 2.37. The van der Waals surface area contributed by atoms with Crippen molar-refractivity contribution in [3.05, 3.63) is 42.2 Å².